The SMILES string of the molecule is COC(=O)c1ccc(CCC(C=O)CCCCC#N)cc1. The monoisotopic (exact) mass is 287 g/mol. The van der Waals surface area contributed by atoms with Gasteiger partial charge >= 0.3 is 5.97 Å². The van der Waals surface area contributed by atoms with Gasteiger partial charge in [0.05, 0.1) is 18.7 Å². The van der Waals surface area contributed by atoms with Gasteiger partial charge < -0.3 is 9.53 Å². The number of esters is 1. The Bertz CT molecular complexity index is 488. The first-order valence-electron chi connectivity index (χ1n) is 7.20. The molecular weight excluding hydrogens is 266 g/mol. The van der Waals surface area contributed by atoms with Crippen LogP contribution in [0.25, 0.3) is 0 Å². The van der Waals surface area contributed by atoms with Crippen molar-refractivity contribution in [1.29, 1.82) is 5.26 Å². The Kier molecular flexibility index (Phi) is 7.81. The molecule has 0 aliphatic heterocycles. The summed E-state index contributed by atoms with van der Waals surface area (Å²) in [5.74, 6) is -0.297. The molecule has 4 heteroatoms. The minimum atomic E-state index is -0.343. The largest absolute Gasteiger partial charge is 0.465 e. The van der Waals surface area contributed by atoms with Crippen LogP contribution >= 0.6 is 0 Å². The van der Waals surface area contributed by atoms with Gasteiger partial charge in [-0.2, -0.15) is 5.26 Å². The Morgan fingerprint density at radius 3 is 2.57 bits per heavy atom. The summed E-state index contributed by atoms with van der Waals surface area (Å²) in [6.07, 6.45) is 5.78. The first-order valence-corrected chi connectivity index (χ1v) is 7.20. The van der Waals surface area contributed by atoms with Crippen molar-refractivity contribution in [1.82, 2.24) is 0 Å². The number of nitriles is 1. The zero-order chi connectivity index (χ0) is 15.5. The van der Waals surface area contributed by atoms with Crippen LogP contribution in [-0.2, 0) is 16.0 Å². The van der Waals surface area contributed by atoms with E-state index in [1.165, 1.54) is 7.11 Å². The predicted molar refractivity (Wildman–Crippen MR) is 79.7 cm³/mol. The summed E-state index contributed by atoms with van der Waals surface area (Å²) in [7, 11) is 1.36. The number of methoxy groups -OCH3 is 1. The van der Waals surface area contributed by atoms with E-state index in [2.05, 4.69) is 10.8 Å². The average Bonchev–Trinajstić information content (AvgIpc) is 2.54. The van der Waals surface area contributed by atoms with Crippen molar-refractivity contribution in [2.24, 2.45) is 5.92 Å². The second kappa shape index (κ2) is 9.71. The third kappa shape index (κ3) is 6.22. The van der Waals surface area contributed by atoms with Gasteiger partial charge in [-0.15, -0.1) is 0 Å². The Morgan fingerprint density at radius 2 is 2.00 bits per heavy atom. The standard InChI is InChI=1S/C17H21NO3/c1-21-17(20)16-10-8-14(9-11-16)6-7-15(13-19)5-3-2-4-12-18/h8-11,13,15H,2-7H2,1H3. The zero-order valence-corrected chi connectivity index (χ0v) is 12.4. The van der Waals surface area contributed by atoms with Crippen molar-refractivity contribution in [3.05, 3.63) is 35.4 Å². The maximum absolute atomic E-state index is 11.3. The maximum atomic E-state index is 11.3. The van der Waals surface area contributed by atoms with Gasteiger partial charge in [0.1, 0.15) is 6.29 Å². The van der Waals surface area contributed by atoms with Crippen LogP contribution in [0.2, 0.25) is 0 Å². The molecule has 4 nitrogen and oxygen atoms in total. The summed E-state index contributed by atoms with van der Waals surface area (Å²) in [5.41, 5.74) is 1.64. The molecule has 0 aliphatic rings. The normalized spacial score (nSPS) is 11.4. The highest BCUT2D eigenvalue weighted by atomic mass is 16.5. The summed E-state index contributed by atoms with van der Waals surface area (Å²) < 4.78 is 4.65. The van der Waals surface area contributed by atoms with E-state index in [-0.39, 0.29) is 11.9 Å². The number of hydrogen-bond donors (Lipinski definition) is 0. The molecule has 0 N–H and O–H groups in total. The van der Waals surface area contributed by atoms with Gasteiger partial charge in [0, 0.05) is 12.3 Å². The molecule has 0 bridgehead atoms. The molecule has 0 radical (unpaired) electrons. The van der Waals surface area contributed by atoms with E-state index in [4.69, 9.17) is 5.26 Å². The van der Waals surface area contributed by atoms with Crippen LogP contribution in [0.4, 0.5) is 0 Å². The molecule has 1 rings (SSSR count). The quantitative estimate of drug-likeness (QED) is 0.397. The number of hydrogen-bond acceptors (Lipinski definition) is 4. The lowest BCUT2D eigenvalue weighted by Crippen LogP contribution is -2.05. The fraction of sp³-hybridized carbons (Fsp3) is 0.471. The second-order valence-electron chi connectivity index (χ2n) is 5.03. The maximum Gasteiger partial charge on any atom is 0.337 e. The Hall–Kier alpha value is -2.15. The van der Waals surface area contributed by atoms with E-state index in [0.29, 0.717) is 12.0 Å². The van der Waals surface area contributed by atoms with Crippen LogP contribution in [-0.4, -0.2) is 19.4 Å². The van der Waals surface area contributed by atoms with Crippen LogP contribution in [0.5, 0.6) is 0 Å². The molecule has 0 aromatic heterocycles. The van der Waals surface area contributed by atoms with E-state index in [1.807, 2.05) is 12.1 Å². The molecule has 0 amide bonds. The highest BCUT2D eigenvalue weighted by Crippen LogP contribution is 2.16. The lowest BCUT2D eigenvalue weighted by molar-refractivity contribution is -0.111. The van der Waals surface area contributed by atoms with Crippen molar-refractivity contribution in [2.75, 3.05) is 7.11 Å². The molecule has 0 heterocycles. The first kappa shape index (κ1) is 16.9. The molecular formula is C17H21NO3. The number of benzene rings is 1. The van der Waals surface area contributed by atoms with E-state index in [9.17, 15) is 9.59 Å². The molecule has 0 spiro atoms. The molecule has 1 unspecified atom stereocenters. The number of ether oxygens (including phenoxy) is 1. The lowest BCUT2D eigenvalue weighted by Gasteiger charge is -2.09. The average molecular weight is 287 g/mol. The second-order valence-corrected chi connectivity index (χ2v) is 5.03. The van der Waals surface area contributed by atoms with Crippen molar-refractivity contribution < 1.29 is 14.3 Å². The Labute approximate surface area is 125 Å². The molecule has 1 aromatic rings. The topological polar surface area (TPSA) is 67.2 Å². The molecule has 0 fully saturated rings. The molecule has 0 aliphatic carbocycles. The number of carbonyl (C=O) groups is 2. The number of nitrogens with zero attached hydrogens (tertiary/aromatic N) is 1. The molecule has 0 saturated heterocycles. The summed E-state index contributed by atoms with van der Waals surface area (Å²) in [5, 5.41) is 8.47. The number of rotatable bonds is 9. The van der Waals surface area contributed by atoms with E-state index >= 15 is 0 Å². The smallest absolute Gasteiger partial charge is 0.337 e. The van der Waals surface area contributed by atoms with E-state index in [1.54, 1.807) is 12.1 Å². The van der Waals surface area contributed by atoms with Crippen LogP contribution in [0, 0.1) is 17.2 Å². The summed E-state index contributed by atoms with van der Waals surface area (Å²) in [6.45, 7) is 0. The number of carbonyl (C=O) groups excluding carboxylic acids is 2. The zero-order valence-electron chi connectivity index (χ0n) is 12.4. The summed E-state index contributed by atoms with van der Waals surface area (Å²) in [6, 6.07) is 9.38. The predicted octanol–water partition coefficient (Wildman–Crippen LogP) is 3.30. The number of unbranched alkanes of at least 4 members (excludes halogenated alkanes) is 2. The number of aldehydes is 1. The van der Waals surface area contributed by atoms with E-state index < -0.39 is 0 Å². The van der Waals surface area contributed by atoms with Gasteiger partial charge in [0.2, 0.25) is 0 Å². The minimum absolute atomic E-state index is 0.0453. The third-order valence-electron chi connectivity index (χ3n) is 3.48. The third-order valence-corrected chi connectivity index (χ3v) is 3.48. The van der Waals surface area contributed by atoms with Gasteiger partial charge in [-0.25, -0.2) is 4.79 Å². The number of aryl methyl sites for hydroxylation is 1. The first-order chi connectivity index (χ1) is 10.2. The van der Waals surface area contributed by atoms with Gasteiger partial charge in [-0.3, -0.25) is 0 Å². The fourth-order valence-corrected chi connectivity index (χ4v) is 2.17. The molecule has 0 saturated carbocycles. The van der Waals surface area contributed by atoms with Gasteiger partial charge in [-0.1, -0.05) is 18.6 Å². The molecule has 21 heavy (non-hydrogen) atoms. The van der Waals surface area contributed by atoms with Gasteiger partial charge in [0.25, 0.3) is 0 Å². The summed E-state index contributed by atoms with van der Waals surface area (Å²) >= 11 is 0. The van der Waals surface area contributed by atoms with Gasteiger partial charge in [0.15, 0.2) is 0 Å². The fourth-order valence-electron chi connectivity index (χ4n) is 2.17. The van der Waals surface area contributed by atoms with Crippen molar-refractivity contribution in [2.45, 2.75) is 38.5 Å². The van der Waals surface area contributed by atoms with Crippen molar-refractivity contribution in [3.63, 3.8) is 0 Å². The van der Waals surface area contributed by atoms with Crippen LogP contribution in [0.15, 0.2) is 24.3 Å². The minimum Gasteiger partial charge on any atom is -0.465 e. The highest BCUT2D eigenvalue weighted by Gasteiger charge is 2.09. The highest BCUT2D eigenvalue weighted by molar-refractivity contribution is 5.89. The summed E-state index contributed by atoms with van der Waals surface area (Å²) in [4.78, 5) is 22.4. The van der Waals surface area contributed by atoms with Crippen LogP contribution in [0.1, 0.15) is 48.0 Å². The lowest BCUT2D eigenvalue weighted by atomic mass is 9.95. The van der Waals surface area contributed by atoms with Gasteiger partial charge in [-0.05, 0) is 43.4 Å². The van der Waals surface area contributed by atoms with Crippen molar-refractivity contribution >= 4 is 12.3 Å². The molecule has 112 valence electrons. The molecule has 1 atom stereocenters. The Morgan fingerprint density at radius 1 is 1.29 bits per heavy atom. The molecule has 1 aromatic carbocycles. The Balaban J connectivity index is 2.40. The van der Waals surface area contributed by atoms with Crippen LogP contribution in [0.3, 0.4) is 0 Å². The van der Waals surface area contributed by atoms with Crippen molar-refractivity contribution in [3.8, 4) is 6.07 Å². The van der Waals surface area contributed by atoms with E-state index in [0.717, 1.165) is 44.0 Å². The van der Waals surface area contributed by atoms with Crippen LogP contribution < -0.4 is 0 Å².